The maximum absolute atomic E-state index is 12.4. The molecule has 0 saturated carbocycles. The summed E-state index contributed by atoms with van der Waals surface area (Å²) in [5.74, 6) is 0.0217. The van der Waals surface area contributed by atoms with Crippen LogP contribution >= 0.6 is 21.6 Å². The van der Waals surface area contributed by atoms with Gasteiger partial charge in [0.25, 0.3) is 0 Å². The Bertz CT molecular complexity index is 542. The zero-order valence-corrected chi connectivity index (χ0v) is 17.5. The van der Waals surface area contributed by atoms with E-state index in [1.54, 1.807) is 28.5 Å². The molecule has 0 aromatic heterocycles. The number of ether oxygens (including phenoxy) is 1. The number of aliphatic hydroxyl groups excluding tert-OH is 3. The molecule has 156 valence electrons. The summed E-state index contributed by atoms with van der Waals surface area (Å²) in [5.41, 5.74) is 0. The van der Waals surface area contributed by atoms with Crippen LogP contribution in [0.15, 0.2) is 0 Å². The van der Waals surface area contributed by atoms with Gasteiger partial charge in [0.15, 0.2) is 0 Å². The van der Waals surface area contributed by atoms with Crippen molar-refractivity contribution in [1.29, 1.82) is 0 Å². The first kappa shape index (κ1) is 21.4. The Kier molecular flexibility index (Phi) is 8.73. The predicted molar refractivity (Wildman–Crippen MR) is 106 cm³/mol. The van der Waals surface area contributed by atoms with Crippen LogP contribution in [0.2, 0.25) is 0 Å². The van der Waals surface area contributed by atoms with Crippen molar-refractivity contribution in [1.82, 2.24) is 4.90 Å². The first-order valence-electron chi connectivity index (χ1n) is 9.97. The van der Waals surface area contributed by atoms with Crippen molar-refractivity contribution in [3.05, 3.63) is 0 Å². The van der Waals surface area contributed by atoms with Crippen LogP contribution in [0.25, 0.3) is 0 Å². The summed E-state index contributed by atoms with van der Waals surface area (Å²) in [6.07, 6.45) is -2.25. The number of carbonyl (C=O) groups is 2. The Hall–Kier alpha value is -0.320. The zero-order valence-electron chi connectivity index (χ0n) is 16.8. The largest absolute Gasteiger partial charge is 0.458 e. The Morgan fingerprint density at radius 2 is 2.07 bits per heavy atom. The molecule has 9 heteroatoms. The van der Waals surface area contributed by atoms with Crippen molar-refractivity contribution >= 4 is 33.8 Å². The molecule has 0 aromatic rings. The minimum absolute atomic E-state index is 0.266. The molecule has 2 heterocycles. The summed E-state index contributed by atoms with van der Waals surface area (Å²) in [6.45, 7) is 4.72. The predicted octanol–water partition coefficient (Wildman–Crippen LogP) is 0.844. The van der Waals surface area contributed by atoms with Gasteiger partial charge in [0.05, 0.1) is 18.1 Å². The number of aliphatic hydroxyl groups is 3. The van der Waals surface area contributed by atoms with E-state index in [2.05, 4.69) is 0 Å². The maximum Gasteiger partial charge on any atom is 0.309 e. The topological polar surface area (TPSA) is 107 Å². The third kappa shape index (κ3) is 6.33. The van der Waals surface area contributed by atoms with Gasteiger partial charge >= 0.3 is 5.97 Å². The van der Waals surface area contributed by atoms with Crippen molar-refractivity contribution in [2.75, 3.05) is 18.8 Å². The summed E-state index contributed by atoms with van der Waals surface area (Å²) in [4.78, 5) is 24.9. The Morgan fingerprint density at radius 3 is 2.78 bits per heavy atom. The van der Waals surface area contributed by atoms with Gasteiger partial charge in [-0.15, -0.1) is 0 Å². The summed E-state index contributed by atoms with van der Waals surface area (Å²) < 4.78 is 12.4. The fraction of sp³-hybridized carbons (Fsp3) is 0.889. The van der Waals surface area contributed by atoms with E-state index in [1.807, 2.05) is 11.8 Å². The fourth-order valence-corrected chi connectivity index (χ4v) is 6.02. The molecule has 0 radical (unpaired) electrons. The van der Waals surface area contributed by atoms with Crippen LogP contribution in [-0.4, -0.2) is 87.0 Å². The fourth-order valence-electron chi connectivity index (χ4n) is 3.47. The lowest BCUT2D eigenvalue weighted by Crippen LogP contribution is -2.62. The van der Waals surface area contributed by atoms with Crippen molar-refractivity contribution in [3.63, 3.8) is 0 Å². The molecular formula is C18H31NO6S2. The highest BCUT2D eigenvalue weighted by atomic mass is 33.1. The van der Waals surface area contributed by atoms with Crippen LogP contribution in [0, 0.1) is 5.92 Å². The number of hydrogen-bond donors (Lipinski definition) is 3. The van der Waals surface area contributed by atoms with Gasteiger partial charge in [0.2, 0.25) is 0 Å². The number of hydrogen-bond acceptors (Lipinski definition) is 9. The van der Waals surface area contributed by atoms with E-state index in [9.17, 15) is 24.9 Å². The van der Waals surface area contributed by atoms with Crippen LogP contribution in [-0.2, 0) is 14.3 Å². The van der Waals surface area contributed by atoms with Crippen LogP contribution in [0.4, 0.5) is 0 Å². The molecule has 0 amide bonds. The highest BCUT2D eigenvalue weighted by molar-refractivity contribution is 8.76. The Balaban J connectivity index is 1.70. The minimum Gasteiger partial charge on any atom is -0.458 e. The number of carbonyl (C=O) groups excluding carboxylic acids is 2. The number of rotatable bonds is 10. The first-order chi connectivity index (χ1) is 13.2. The average molecular weight is 424 g/mol. The average Bonchev–Trinajstić information content (AvgIpc) is 3.01. The molecule has 27 heavy (non-hydrogen) atoms. The van der Waals surface area contributed by atoms with Crippen LogP contribution in [0.5, 0.6) is 0 Å². The highest BCUT2D eigenvalue weighted by Gasteiger charge is 2.49. The Morgan fingerprint density at radius 1 is 1.33 bits per heavy atom. The second-order valence-electron chi connectivity index (χ2n) is 7.40. The number of nitrogens with zero attached hydrogens (tertiary/aromatic N) is 1. The molecule has 0 aliphatic carbocycles. The van der Waals surface area contributed by atoms with Gasteiger partial charge in [0, 0.05) is 30.5 Å². The second kappa shape index (κ2) is 11.0. The molecule has 2 aliphatic rings. The third-order valence-corrected chi connectivity index (χ3v) is 8.21. The number of esters is 1. The third-order valence-electron chi connectivity index (χ3n) is 5.21. The minimum atomic E-state index is -1.20. The molecule has 0 bridgehead atoms. The van der Waals surface area contributed by atoms with Gasteiger partial charge in [-0.05, 0) is 19.3 Å². The van der Waals surface area contributed by atoms with E-state index in [0.717, 1.165) is 5.75 Å². The van der Waals surface area contributed by atoms with Crippen molar-refractivity contribution in [2.45, 2.75) is 75.2 Å². The molecule has 0 aromatic carbocycles. The van der Waals surface area contributed by atoms with Crippen molar-refractivity contribution in [2.24, 2.45) is 5.92 Å². The lowest BCUT2D eigenvalue weighted by atomic mass is 9.93. The smallest absolute Gasteiger partial charge is 0.309 e. The summed E-state index contributed by atoms with van der Waals surface area (Å²) >= 11 is 0. The van der Waals surface area contributed by atoms with E-state index in [1.165, 1.54) is 0 Å². The number of piperidine rings is 1. The molecule has 3 N–H and O–H groups in total. The highest BCUT2D eigenvalue weighted by Crippen LogP contribution is 2.32. The molecule has 2 saturated heterocycles. The van der Waals surface area contributed by atoms with Gasteiger partial charge in [0.1, 0.15) is 25.9 Å². The molecule has 7 nitrogen and oxygen atoms in total. The second-order valence-corrected chi connectivity index (χ2v) is 10.3. The van der Waals surface area contributed by atoms with E-state index in [4.69, 9.17) is 6.11 Å². The molecule has 7 atom stereocenters. The molecule has 0 spiro atoms. The van der Waals surface area contributed by atoms with Gasteiger partial charge in [-0.3, -0.25) is 9.69 Å². The SMILES string of the molecule is [3H]C(=O)CCC(C)SSCCC(C)C(=O)O[C@H]1CN2CC[C@H](O)[C@@H]2[C@@H](O)[C@@H]1O. The van der Waals surface area contributed by atoms with Crippen molar-refractivity contribution < 1.29 is 31.0 Å². The zero-order chi connectivity index (χ0) is 20.8. The lowest BCUT2D eigenvalue weighted by Gasteiger charge is -2.42. The summed E-state index contributed by atoms with van der Waals surface area (Å²) in [7, 11) is 3.27. The van der Waals surface area contributed by atoms with Crippen LogP contribution in [0.1, 0.15) is 40.9 Å². The van der Waals surface area contributed by atoms with Crippen LogP contribution in [0.3, 0.4) is 0 Å². The van der Waals surface area contributed by atoms with E-state index < -0.39 is 42.7 Å². The van der Waals surface area contributed by atoms with Gasteiger partial charge < -0.3 is 24.9 Å². The normalized spacial score (nSPS) is 33.8. The molecular weight excluding hydrogens is 390 g/mol. The lowest BCUT2D eigenvalue weighted by molar-refractivity contribution is -0.182. The standard InChI is InChI=1S/C18H31NO6S2/c1-11(6-9-26-27-12(2)4-3-8-20)18(24)25-14-10-19-7-5-13(21)15(19)17(23)16(14)22/h8,11-17,21-23H,3-7,9-10H2,1-2H3/t11?,12?,13-,14-,15+,16+,17+/m0/s1/i8T. The Labute approximate surface area is 170 Å². The van der Waals surface area contributed by atoms with E-state index in [0.29, 0.717) is 32.4 Å². The van der Waals surface area contributed by atoms with Gasteiger partial charge in [-0.2, -0.15) is 0 Å². The molecule has 2 unspecified atom stereocenters. The van der Waals surface area contributed by atoms with Crippen LogP contribution < -0.4 is 0 Å². The molecule has 2 aliphatic heterocycles. The molecule has 2 rings (SSSR count). The number of aldehydes is 1. The van der Waals surface area contributed by atoms with Gasteiger partial charge in [-0.25, -0.2) is 0 Å². The summed E-state index contributed by atoms with van der Waals surface area (Å²) in [6, 6.07) is -0.497. The summed E-state index contributed by atoms with van der Waals surface area (Å²) in [5, 5.41) is 30.8. The quantitative estimate of drug-likeness (QED) is 0.204. The van der Waals surface area contributed by atoms with Crippen molar-refractivity contribution in [3.8, 4) is 0 Å². The maximum atomic E-state index is 12.4. The van der Waals surface area contributed by atoms with Gasteiger partial charge in [-0.1, -0.05) is 35.4 Å². The number of fused-ring (bicyclic) bond motifs is 1. The first-order valence-corrected chi connectivity index (χ1v) is 11.8. The monoisotopic (exact) mass is 423 g/mol. The molecule has 2 fully saturated rings. The van der Waals surface area contributed by atoms with E-state index >= 15 is 0 Å². The van der Waals surface area contributed by atoms with E-state index in [-0.39, 0.29) is 17.6 Å².